The summed E-state index contributed by atoms with van der Waals surface area (Å²) in [6, 6.07) is 16.8. The molecular weight excluding hydrogens is 387 g/mol. The molecule has 0 atom stereocenters. The van der Waals surface area contributed by atoms with Gasteiger partial charge in [0.2, 0.25) is 11.7 Å². The first-order valence-electron chi connectivity index (χ1n) is 9.17. The standard InChI is InChI=1S/C22H17FN4O3/c23-17-6-2-4-8-19(17)29-14-20(28)25-18-7-3-1-5-16(18)13-21-26-22(27-30-21)15-9-11-24-12-10-15/h1-12H,13-14H2,(H,25,28). The quantitative estimate of drug-likeness (QED) is 0.503. The van der Waals surface area contributed by atoms with Crippen molar-refractivity contribution in [1.29, 1.82) is 0 Å². The number of carbonyl (C=O) groups is 1. The van der Waals surface area contributed by atoms with Crippen molar-refractivity contribution in [2.45, 2.75) is 6.42 Å². The highest BCUT2D eigenvalue weighted by Crippen LogP contribution is 2.21. The van der Waals surface area contributed by atoms with Crippen LogP contribution in [0.15, 0.2) is 77.6 Å². The van der Waals surface area contributed by atoms with Crippen molar-refractivity contribution >= 4 is 11.6 Å². The number of para-hydroxylation sites is 2. The summed E-state index contributed by atoms with van der Waals surface area (Å²) >= 11 is 0. The molecule has 2 aromatic heterocycles. The summed E-state index contributed by atoms with van der Waals surface area (Å²) in [7, 11) is 0. The fraction of sp³-hybridized carbons (Fsp3) is 0.0909. The summed E-state index contributed by atoms with van der Waals surface area (Å²) in [5.41, 5.74) is 2.18. The maximum Gasteiger partial charge on any atom is 0.262 e. The fourth-order valence-corrected chi connectivity index (χ4v) is 2.80. The van der Waals surface area contributed by atoms with Gasteiger partial charge in [0.25, 0.3) is 5.91 Å². The molecule has 2 aromatic carbocycles. The number of hydrogen-bond acceptors (Lipinski definition) is 6. The fourth-order valence-electron chi connectivity index (χ4n) is 2.80. The van der Waals surface area contributed by atoms with Crippen LogP contribution in [0.5, 0.6) is 5.75 Å². The van der Waals surface area contributed by atoms with Crippen LogP contribution in [0.25, 0.3) is 11.4 Å². The number of benzene rings is 2. The van der Waals surface area contributed by atoms with E-state index >= 15 is 0 Å². The minimum atomic E-state index is -0.521. The molecule has 7 nitrogen and oxygen atoms in total. The number of hydrogen-bond donors (Lipinski definition) is 1. The number of nitrogens with one attached hydrogen (secondary N) is 1. The number of halogens is 1. The number of aromatic nitrogens is 3. The molecule has 8 heteroatoms. The molecule has 0 bridgehead atoms. The van der Waals surface area contributed by atoms with Gasteiger partial charge in [-0.3, -0.25) is 9.78 Å². The highest BCUT2D eigenvalue weighted by atomic mass is 19.1. The van der Waals surface area contributed by atoms with Crippen LogP contribution in [0, 0.1) is 5.82 Å². The maximum atomic E-state index is 13.6. The minimum absolute atomic E-state index is 0.0236. The Bertz CT molecular complexity index is 1150. The van der Waals surface area contributed by atoms with E-state index in [0.29, 0.717) is 23.8 Å². The Morgan fingerprint density at radius 1 is 1.03 bits per heavy atom. The zero-order chi connectivity index (χ0) is 20.8. The van der Waals surface area contributed by atoms with Crippen LogP contribution < -0.4 is 10.1 Å². The second-order valence-corrected chi connectivity index (χ2v) is 6.35. The summed E-state index contributed by atoms with van der Waals surface area (Å²) in [4.78, 5) is 20.6. The normalized spacial score (nSPS) is 10.6. The molecule has 0 saturated heterocycles. The lowest BCUT2D eigenvalue weighted by atomic mass is 10.1. The van der Waals surface area contributed by atoms with Crippen molar-refractivity contribution in [3.63, 3.8) is 0 Å². The SMILES string of the molecule is O=C(COc1ccccc1F)Nc1ccccc1Cc1nc(-c2ccncc2)no1. The van der Waals surface area contributed by atoms with E-state index in [2.05, 4.69) is 20.4 Å². The van der Waals surface area contributed by atoms with E-state index in [1.54, 1.807) is 48.8 Å². The third kappa shape index (κ3) is 4.67. The third-order valence-corrected chi connectivity index (χ3v) is 4.24. The molecule has 1 amide bonds. The number of carbonyl (C=O) groups excluding carboxylic acids is 1. The predicted molar refractivity (Wildman–Crippen MR) is 107 cm³/mol. The smallest absolute Gasteiger partial charge is 0.262 e. The molecule has 0 aliphatic carbocycles. The molecule has 150 valence electrons. The van der Waals surface area contributed by atoms with Gasteiger partial charge in [-0.25, -0.2) is 4.39 Å². The zero-order valence-corrected chi connectivity index (χ0v) is 15.8. The first-order valence-corrected chi connectivity index (χ1v) is 9.17. The van der Waals surface area contributed by atoms with Crippen molar-refractivity contribution < 1.29 is 18.4 Å². The molecule has 0 spiro atoms. The Morgan fingerprint density at radius 2 is 1.80 bits per heavy atom. The highest BCUT2D eigenvalue weighted by Gasteiger charge is 2.13. The Kier molecular flexibility index (Phi) is 5.75. The monoisotopic (exact) mass is 404 g/mol. The van der Waals surface area contributed by atoms with Crippen LogP contribution in [0.4, 0.5) is 10.1 Å². The van der Waals surface area contributed by atoms with Crippen LogP contribution in [0.2, 0.25) is 0 Å². The lowest BCUT2D eigenvalue weighted by Gasteiger charge is -2.11. The van der Waals surface area contributed by atoms with Crippen molar-refractivity contribution in [1.82, 2.24) is 15.1 Å². The van der Waals surface area contributed by atoms with E-state index in [4.69, 9.17) is 9.26 Å². The number of ether oxygens (including phenoxy) is 1. The molecule has 2 heterocycles. The average Bonchev–Trinajstić information content (AvgIpc) is 3.24. The van der Waals surface area contributed by atoms with Crippen molar-refractivity contribution in [2.24, 2.45) is 0 Å². The Morgan fingerprint density at radius 3 is 2.63 bits per heavy atom. The van der Waals surface area contributed by atoms with Crippen LogP contribution in [0.1, 0.15) is 11.5 Å². The second-order valence-electron chi connectivity index (χ2n) is 6.35. The van der Waals surface area contributed by atoms with Crippen LogP contribution in [-0.2, 0) is 11.2 Å². The third-order valence-electron chi connectivity index (χ3n) is 4.24. The first-order chi connectivity index (χ1) is 14.7. The van der Waals surface area contributed by atoms with Gasteiger partial charge in [0.1, 0.15) is 0 Å². The molecule has 0 saturated carbocycles. The van der Waals surface area contributed by atoms with Crippen molar-refractivity contribution in [2.75, 3.05) is 11.9 Å². The number of nitrogens with zero attached hydrogens (tertiary/aromatic N) is 3. The van der Waals surface area contributed by atoms with Crippen LogP contribution in [-0.4, -0.2) is 27.6 Å². The van der Waals surface area contributed by atoms with E-state index in [1.807, 2.05) is 12.1 Å². The lowest BCUT2D eigenvalue weighted by Crippen LogP contribution is -2.21. The van der Waals surface area contributed by atoms with Gasteiger partial charge in [0.05, 0.1) is 6.42 Å². The van der Waals surface area contributed by atoms with Gasteiger partial charge in [-0.05, 0) is 35.9 Å². The molecule has 30 heavy (non-hydrogen) atoms. The highest BCUT2D eigenvalue weighted by molar-refractivity contribution is 5.92. The van der Waals surface area contributed by atoms with E-state index in [-0.39, 0.29) is 12.4 Å². The molecule has 0 aliphatic rings. The van der Waals surface area contributed by atoms with Gasteiger partial charge >= 0.3 is 0 Å². The molecule has 0 fully saturated rings. The summed E-state index contributed by atoms with van der Waals surface area (Å²) < 4.78 is 24.2. The molecule has 4 rings (SSSR count). The molecule has 4 aromatic rings. The number of anilines is 1. The minimum Gasteiger partial charge on any atom is -0.481 e. The molecule has 0 unspecified atom stereocenters. The van der Waals surface area contributed by atoms with E-state index < -0.39 is 11.7 Å². The van der Waals surface area contributed by atoms with Crippen LogP contribution in [0.3, 0.4) is 0 Å². The topological polar surface area (TPSA) is 90.1 Å². The van der Waals surface area contributed by atoms with Gasteiger partial charge in [0, 0.05) is 23.6 Å². The zero-order valence-electron chi connectivity index (χ0n) is 15.8. The van der Waals surface area contributed by atoms with Crippen molar-refractivity contribution in [3.05, 3.63) is 90.3 Å². The molecule has 0 aliphatic heterocycles. The van der Waals surface area contributed by atoms with E-state index in [1.165, 1.54) is 12.1 Å². The maximum absolute atomic E-state index is 13.6. The average molecular weight is 404 g/mol. The van der Waals surface area contributed by atoms with Gasteiger partial charge < -0.3 is 14.6 Å². The van der Waals surface area contributed by atoms with E-state index in [0.717, 1.165) is 11.1 Å². The summed E-state index contributed by atoms with van der Waals surface area (Å²) in [6.07, 6.45) is 3.64. The Labute approximate surface area is 171 Å². The van der Waals surface area contributed by atoms with Crippen LogP contribution >= 0.6 is 0 Å². The number of rotatable bonds is 7. The summed E-state index contributed by atoms with van der Waals surface area (Å²) in [5, 5.41) is 6.76. The van der Waals surface area contributed by atoms with Crippen molar-refractivity contribution in [3.8, 4) is 17.1 Å². The number of amides is 1. The largest absolute Gasteiger partial charge is 0.481 e. The Hall–Kier alpha value is -4.07. The predicted octanol–water partition coefficient (Wildman–Crippen LogP) is 3.88. The Balaban J connectivity index is 1.42. The first kappa shape index (κ1) is 19.3. The van der Waals surface area contributed by atoms with Gasteiger partial charge in [-0.15, -0.1) is 0 Å². The second kappa shape index (κ2) is 8.95. The van der Waals surface area contributed by atoms with Gasteiger partial charge in [-0.1, -0.05) is 35.5 Å². The summed E-state index contributed by atoms with van der Waals surface area (Å²) in [5.74, 6) is -0.0328. The van der Waals surface area contributed by atoms with E-state index in [9.17, 15) is 9.18 Å². The molecular formula is C22H17FN4O3. The summed E-state index contributed by atoms with van der Waals surface area (Å²) in [6.45, 7) is -0.317. The van der Waals surface area contributed by atoms with Gasteiger partial charge in [0.15, 0.2) is 18.2 Å². The molecule has 1 N–H and O–H groups in total. The number of pyridine rings is 1. The molecule has 0 radical (unpaired) electrons. The van der Waals surface area contributed by atoms with Gasteiger partial charge in [-0.2, -0.15) is 4.98 Å². The lowest BCUT2D eigenvalue weighted by molar-refractivity contribution is -0.118.